The Kier molecular flexibility index (Phi) is 2.46. The van der Waals surface area contributed by atoms with E-state index in [9.17, 15) is 9.18 Å². The topological polar surface area (TPSA) is 67.5 Å². The number of nitrogens with zero attached hydrogens (tertiary/aromatic N) is 1. The Hall–Kier alpha value is -1.43. The SMILES string of the molecule is CC1(c2ccc(Br)cc2F)N=C(N)NC1=O. The Morgan fingerprint density at radius 3 is 2.75 bits per heavy atom. The van der Waals surface area contributed by atoms with Gasteiger partial charge in [-0.2, -0.15) is 0 Å². The van der Waals surface area contributed by atoms with Crippen molar-refractivity contribution in [2.24, 2.45) is 10.7 Å². The third-order valence-corrected chi connectivity index (χ3v) is 2.98. The zero-order valence-electron chi connectivity index (χ0n) is 8.42. The second kappa shape index (κ2) is 3.55. The van der Waals surface area contributed by atoms with Crippen molar-refractivity contribution in [1.29, 1.82) is 0 Å². The molecule has 4 nitrogen and oxygen atoms in total. The number of hydrogen-bond donors (Lipinski definition) is 2. The number of nitrogens with one attached hydrogen (secondary N) is 1. The molecule has 1 atom stereocenters. The van der Waals surface area contributed by atoms with Crippen LogP contribution in [0.5, 0.6) is 0 Å². The molecule has 6 heteroatoms. The summed E-state index contributed by atoms with van der Waals surface area (Å²) < 4.78 is 14.3. The molecule has 2 rings (SSSR count). The van der Waals surface area contributed by atoms with Gasteiger partial charge in [-0.1, -0.05) is 22.0 Å². The smallest absolute Gasteiger partial charge is 0.259 e. The van der Waals surface area contributed by atoms with E-state index in [2.05, 4.69) is 26.2 Å². The summed E-state index contributed by atoms with van der Waals surface area (Å²) in [6.45, 7) is 1.52. The Morgan fingerprint density at radius 1 is 1.56 bits per heavy atom. The van der Waals surface area contributed by atoms with E-state index in [0.29, 0.717) is 4.47 Å². The summed E-state index contributed by atoms with van der Waals surface area (Å²) in [6, 6.07) is 4.46. The average Bonchev–Trinajstić information content (AvgIpc) is 2.40. The van der Waals surface area contributed by atoms with Crippen LogP contribution in [0.15, 0.2) is 27.7 Å². The summed E-state index contributed by atoms with van der Waals surface area (Å²) >= 11 is 3.15. The first kappa shape index (κ1) is 11.1. The maximum absolute atomic E-state index is 13.7. The first-order valence-corrected chi connectivity index (χ1v) is 5.35. The minimum Gasteiger partial charge on any atom is -0.370 e. The number of aliphatic imine (C=N–C) groups is 1. The van der Waals surface area contributed by atoms with Crippen molar-refractivity contribution in [1.82, 2.24) is 5.32 Å². The molecule has 0 fully saturated rings. The van der Waals surface area contributed by atoms with Gasteiger partial charge in [-0.3, -0.25) is 10.1 Å². The van der Waals surface area contributed by atoms with Gasteiger partial charge in [0, 0.05) is 10.0 Å². The fourth-order valence-corrected chi connectivity index (χ4v) is 1.96. The predicted octanol–water partition coefficient (Wildman–Crippen LogP) is 1.25. The maximum Gasteiger partial charge on any atom is 0.259 e. The first-order chi connectivity index (χ1) is 7.43. The Bertz CT molecular complexity index is 503. The quantitative estimate of drug-likeness (QED) is 0.815. The summed E-state index contributed by atoms with van der Waals surface area (Å²) in [6.07, 6.45) is 0. The number of carbonyl (C=O) groups excluding carboxylic acids is 1. The van der Waals surface area contributed by atoms with Crippen molar-refractivity contribution < 1.29 is 9.18 Å². The van der Waals surface area contributed by atoms with Crippen LogP contribution in [-0.4, -0.2) is 11.9 Å². The molecule has 0 saturated carbocycles. The highest BCUT2D eigenvalue weighted by Crippen LogP contribution is 2.31. The minimum absolute atomic E-state index is 0.00909. The first-order valence-electron chi connectivity index (χ1n) is 4.56. The van der Waals surface area contributed by atoms with Gasteiger partial charge in [0.05, 0.1) is 0 Å². The predicted molar refractivity (Wildman–Crippen MR) is 61.2 cm³/mol. The van der Waals surface area contributed by atoms with E-state index in [1.54, 1.807) is 6.07 Å². The largest absolute Gasteiger partial charge is 0.370 e. The summed E-state index contributed by atoms with van der Waals surface area (Å²) in [5, 5.41) is 2.36. The summed E-state index contributed by atoms with van der Waals surface area (Å²) in [7, 11) is 0. The Labute approximate surface area is 99.9 Å². The van der Waals surface area contributed by atoms with Crippen LogP contribution in [0.4, 0.5) is 4.39 Å². The number of benzene rings is 1. The summed E-state index contributed by atoms with van der Waals surface area (Å²) in [5.41, 5.74) is 4.32. The van der Waals surface area contributed by atoms with Crippen molar-refractivity contribution in [2.45, 2.75) is 12.5 Å². The Morgan fingerprint density at radius 2 is 2.25 bits per heavy atom. The minimum atomic E-state index is -1.28. The fourth-order valence-electron chi connectivity index (χ4n) is 1.62. The van der Waals surface area contributed by atoms with Gasteiger partial charge in [0.15, 0.2) is 11.5 Å². The standard InChI is InChI=1S/C10H9BrFN3O/c1-10(8(16)14-9(13)15-10)6-3-2-5(11)4-7(6)12/h2-4H,1H3,(H3,13,14,15,16). The molecule has 84 valence electrons. The molecule has 1 aromatic carbocycles. The van der Waals surface area contributed by atoms with Crippen LogP contribution in [0.3, 0.4) is 0 Å². The fraction of sp³-hybridized carbons (Fsp3) is 0.200. The number of nitrogens with two attached hydrogens (primary N) is 1. The zero-order valence-corrected chi connectivity index (χ0v) is 10.0. The third kappa shape index (κ3) is 1.59. The molecule has 1 heterocycles. The van der Waals surface area contributed by atoms with Gasteiger partial charge in [0.1, 0.15) is 5.82 Å². The number of amides is 1. The van der Waals surface area contributed by atoms with Crippen LogP contribution in [0, 0.1) is 5.82 Å². The Balaban J connectivity index is 2.56. The van der Waals surface area contributed by atoms with E-state index < -0.39 is 17.3 Å². The molecule has 1 amide bonds. The highest BCUT2D eigenvalue weighted by atomic mass is 79.9. The molecule has 0 radical (unpaired) electrons. The zero-order chi connectivity index (χ0) is 11.9. The van der Waals surface area contributed by atoms with E-state index in [1.165, 1.54) is 19.1 Å². The van der Waals surface area contributed by atoms with Crippen molar-refractivity contribution in [3.63, 3.8) is 0 Å². The van der Waals surface area contributed by atoms with E-state index in [0.717, 1.165) is 0 Å². The molecule has 16 heavy (non-hydrogen) atoms. The molecule has 1 aliphatic rings. The average molecular weight is 286 g/mol. The van der Waals surface area contributed by atoms with Crippen molar-refractivity contribution in [3.8, 4) is 0 Å². The highest BCUT2D eigenvalue weighted by molar-refractivity contribution is 9.10. The van der Waals surface area contributed by atoms with Crippen molar-refractivity contribution >= 4 is 27.8 Å². The van der Waals surface area contributed by atoms with E-state index in [4.69, 9.17) is 5.73 Å². The van der Waals surface area contributed by atoms with Crippen LogP contribution in [0.2, 0.25) is 0 Å². The van der Waals surface area contributed by atoms with Crippen LogP contribution in [0.25, 0.3) is 0 Å². The van der Waals surface area contributed by atoms with Gasteiger partial charge < -0.3 is 5.73 Å². The molecule has 1 aromatic rings. The van der Waals surface area contributed by atoms with Crippen molar-refractivity contribution in [2.75, 3.05) is 0 Å². The molecular formula is C10H9BrFN3O. The summed E-state index contributed by atoms with van der Waals surface area (Å²) in [5.74, 6) is -0.911. The molecule has 1 unspecified atom stereocenters. The molecular weight excluding hydrogens is 277 g/mol. The summed E-state index contributed by atoms with van der Waals surface area (Å²) in [4.78, 5) is 15.6. The normalized spacial score (nSPS) is 24.2. The number of hydrogen-bond acceptors (Lipinski definition) is 3. The number of guanidine groups is 1. The van der Waals surface area contributed by atoms with Gasteiger partial charge in [-0.05, 0) is 19.1 Å². The molecule has 0 spiro atoms. The van der Waals surface area contributed by atoms with E-state index in [-0.39, 0.29) is 11.5 Å². The second-order valence-electron chi connectivity index (χ2n) is 3.65. The van der Waals surface area contributed by atoms with Crippen LogP contribution in [0.1, 0.15) is 12.5 Å². The number of rotatable bonds is 1. The lowest BCUT2D eigenvalue weighted by atomic mass is 9.92. The number of halogens is 2. The molecule has 3 N–H and O–H groups in total. The molecule has 0 aromatic heterocycles. The third-order valence-electron chi connectivity index (χ3n) is 2.48. The molecule has 1 aliphatic heterocycles. The number of carbonyl (C=O) groups is 1. The van der Waals surface area contributed by atoms with Crippen LogP contribution < -0.4 is 11.1 Å². The molecule has 0 bridgehead atoms. The molecule has 0 aliphatic carbocycles. The lowest BCUT2D eigenvalue weighted by molar-refractivity contribution is -0.123. The van der Waals surface area contributed by atoms with Gasteiger partial charge >= 0.3 is 0 Å². The molecule has 0 saturated heterocycles. The van der Waals surface area contributed by atoms with E-state index >= 15 is 0 Å². The lowest BCUT2D eigenvalue weighted by Crippen LogP contribution is -2.37. The van der Waals surface area contributed by atoms with Gasteiger partial charge in [-0.25, -0.2) is 9.38 Å². The van der Waals surface area contributed by atoms with Gasteiger partial charge in [0.25, 0.3) is 5.91 Å². The van der Waals surface area contributed by atoms with Crippen LogP contribution >= 0.6 is 15.9 Å². The maximum atomic E-state index is 13.7. The lowest BCUT2D eigenvalue weighted by Gasteiger charge is -2.18. The monoisotopic (exact) mass is 285 g/mol. The van der Waals surface area contributed by atoms with Gasteiger partial charge in [-0.15, -0.1) is 0 Å². The van der Waals surface area contributed by atoms with Crippen molar-refractivity contribution in [3.05, 3.63) is 34.1 Å². The second-order valence-corrected chi connectivity index (χ2v) is 4.56. The van der Waals surface area contributed by atoms with Crippen LogP contribution in [-0.2, 0) is 10.3 Å². The highest BCUT2D eigenvalue weighted by Gasteiger charge is 2.42. The van der Waals surface area contributed by atoms with Gasteiger partial charge in [0.2, 0.25) is 0 Å². The van der Waals surface area contributed by atoms with E-state index in [1.807, 2.05) is 0 Å².